The predicted molar refractivity (Wildman–Crippen MR) is 82.2 cm³/mol. The van der Waals surface area contributed by atoms with Crippen LogP contribution < -0.4 is 4.74 Å². The number of benzene rings is 1. The molecule has 1 fully saturated rings. The molecule has 21 heavy (non-hydrogen) atoms. The molecular formula is C17H21NO3. The summed E-state index contributed by atoms with van der Waals surface area (Å²) in [4.78, 5) is 14.1. The Balaban J connectivity index is 2.11. The first-order valence-electron chi connectivity index (χ1n) is 7.11. The van der Waals surface area contributed by atoms with E-state index in [0.717, 1.165) is 18.4 Å². The second-order valence-corrected chi connectivity index (χ2v) is 5.09. The summed E-state index contributed by atoms with van der Waals surface area (Å²) in [5.41, 5.74) is 0.948. The summed E-state index contributed by atoms with van der Waals surface area (Å²) in [6.45, 7) is 2.44. The third kappa shape index (κ3) is 4.12. The van der Waals surface area contributed by atoms with Crippen molar-refractivity contribution < 1.29 is 14.6 Å². The quantitative estimate of drug-likeness (QED) is 0.646. The van der Waals surface area contributed by atoms with Crippen molar-refractivity contribution in [3.05, 3.63) is 48.1 Å². The van der Waals surface area contributed by atoms with Gasteiger partial charge in [0.05, 0.1) is 7.11 Å². The molecule has 0 heterocycles. The van der Waals surface area contributed by atoms with Gasteiger partial charge in [0.25, 0.3) is 0 Å². The zero-order valence-electron chi connectivity index (χ0n) is 12.5. The van der Waals surface area contributed by atoms with Gasteiger partial charge in [-0.05, 0) is 37.5 Å². The van der Waals surface area contributed by atoms with Crippen molar-refractivity contribution >= 4 is 5.91 Å². The molecule has 2 rings (SSSR count). The van der Waals surface area contributed by atoms with Crippen LogP contribution >= 0.6 is 0 Å². The lowest BCUT2D eigenvalue weighted by Gasteiger charge is -2.21. The number of ether oxygens (including phenoxy) is 1. The summed E-state index contributed by atoms with van der Waals surface area (Å²) in [6, 6.07) is 5.51. The number of methoxy groups -OCH3 is 1. The van der Waals surface area contributed by atoms with Crippen LogP contribution in [0, 0.1) is 0 Å². The van der Waals surface area contributed by atoms with Crippen molar-refractivity contribution in [3.63, 3.8) is 0 Å². The summed E-state index contributed by atoms with van der Waals surface area (Å²) < 4.78 is 5.11. The number of allylic oxidation sites excluding steroid dienone is 3. The molecule has 0 unspecified atom stereocenters. The number of phenolic OH excluding ortho intramolecular Hbond substituents is 1. The number of hydrogen-bond donors (Lipinski definition) is 1. The fraction of sp³-hybridized carbons (Fsp3) is 0.353. The normalized spacial score (nSPS) is 14.8. The molecule has 1 aliphatic carbocycles. The highest BCUT2D eigenvalue weighted by Gasteiger charge is 2.31. The number of hydrogen-bond acceptors (Lipinski definition) is 3. The molecule has 0 radical (unpaired) electrons. The van der Waals surface area contributed by atoms with Crippen LogP contribution in [0.4, 0.5) is 0 Å². The Labute approximate surface area is 125 Å². The van der Waals surface area contributed by atoms with E-state index in [-0.39, 0.29) is 11.7 Å². The van der Waals surface area contributed by atoms with E-state index in [1.165, 1.54) is 7.11 Å². The number of phenols is 1. The van der Waals surface area contributed by atoms with Crippen LogP contribution in [0.25, 0.3) is 0 Å². The average Bonchev–Trinajstić information content (AvgIpc) is 3.31. The molecule has 0 saturated heterocycles. The Morgan fingerprint density at radius 3 is 2.81 bits per heavy atom. The molecule has 112 valence electrons. The van der Waals surface area contributed by atoms with Crippen LogP contribution in [-0.4, -0.2) is 29.1 Å². The molecule has 1 aromatic carbocycles. The number of aromatic hydroxyl groups is 1. The van der Waals surface area contributed by atoms with Gasteiger partial charge in [-0.3, -0.25) is 4.79 Å². The molecule has 4 nitrogen and oxygen atoms in total. The highest BCUT2D eigenvalue weighted by Crippen LogP contribution is 2.31. The van der Waals surface area contributed by atoms with Gasteiger partial charge in [0.1, 0.15) is 0 Å². The second-order valence-electron chi connectivity index (χ2n) is 5.09. The molecule has 0 spiro atoms. The van der Waals surface area contributed by atoms with Crippen LogP contribution in [0.5, 0.6) is 11.5 Å². The Morgan fingerprint density at radius 1 is 1.43 bits per heavy atom. The van der Waals surface area contributed by atoms with Crippen LogP contribution in [-0.2, 0) is 11.3 Å². The van der Waals surface area contributed by atoms with E-state index in [4.69, 9.17) is 4.74 Å². The minimum Gasteiger partial charge on any atom is -0.504 e. The molecule has 0 bridgehead atoms. The SMILES string of the molecule is CC=CC=CC(=O)N(Cc1ccc(O)c(OC)c1)C1CC1. The van der Waals surface area contributed by atoms with Gasteiger partial charge in [-0.15, -0.1) is 0 Å². The van der Waals surface area contributed by atoms with E-state index >= 15 is 0 Å². The largest absolute Gasteiger partial charge is 0.504 e. The molecule has 1 aliphatic rings. The lowest BCUT2D eigenvalue weighted by Crippen LogP contribution is -2.31. The zero-order valence-corrected chi connectivity index (χ0v) is 12.5. The number of carbonyl (C=O) groups excluding carboxylic acids is 1. The Bertz CT molecular complexity index is 559. The Kier molecular flexibility index (Phi) is 5.04. The van der Waals surface area contributed by atoms with Crippen LogP contribution in [0.15, 0.2) is 42.5 Å². The van der Waals surface area contributed by atoms with Crippen molar-refractivity contribution in [1.29, 1.82) is 0 Å². The summed E-state index contributed by atoms with van der Waals surface area (Å²) in [5, 5.41) is 9.62. The van der Waals surface area contributed by atoms with Crippen LogP contribution in [0.1, 0.15) is 25.3 Å². The molecule has 1 saturated carbocycles. The minimum atomic E-state index is 0.0163. The van der Waals surface area contributed by atoms with Gasteiger partial charge in [0.2, 0.25) is 5.91 Å². The molecule has 1 N–H and O–H groups in total. The van der Waals surface area contributed by atoms with E-state index in [1.807, 2.05) is 30.0 Å². The standard InChI is InChI=1S/C17H21NO3/c1-3-4-5-6-17(20)18(14-8-9-14)12-13-7-10-15(19)16(11-13)21-2/h3-7,10-11,14,19H,8-9,12H2,1-2H3. The Morgan fingerprint density at radius 2 is 2.19 bits per heavy atom. The lowest BCUT2D eigenvalue weighted by molar-refractivity contribution is -0.127. The molecule has 0 aliphatic heterocycles. The van der Waals surface area contributed by atoms with Crippen molar-refractivity contribution in [2.75, 3.05) is 7.11 Å². The number of rotatable bonds is 6. The van der Waals surface area contributed by atoms with Gasteiger partial charge in [-0.2, -0.15) is 0 Å². The van der Waals surface area contributed by atoms with Gasteiger partial charge < -0.3 is 14.7 Å². The summed E-state index contributed by atoms with van der Waals surface area (Å²) in [5.74, 6) is 0.557. The molecule has 4 heteroatoms. The smallest absolute Gasteiger partial charge is 0.247 e. The first kappa shape index (κ1) is 15.2. The van der Waals surface area contributed by atoms with Gasteiger partial charge >= 0.3 is 0 Å². The number of carbonyl (C=O) groups is 1. The summed E-state index contributed by atoms with van der Waals surface area (Å²) >= 11 is 0. The first-order chi connectivity index (χ1) is 10.2. The molecule has 1 aromatic rings. The van der Waals surface area contributed by atoms with Gasteiger partial charge in [-0.25, -0.2) is 0 Å². The van der Waals surface area contributed by atoms with Gasteiger partial charge in [-0.1, -0.05) is 24.3 Å². The molecule has 0 aromatic heterocycles. The maximum Gasteiger partial charge on any atom is 0.247 e. The van der Waals surface area contributed by atoms with E-state index in [2.05, 4.69) is 0 Å². The van der Waals surface area contributed by atoms with Crippen LogP contribution in [0.3, 0.4) is 0 Å². The lowest BCUT2D eigenvalue weighted by atomic mass is 10.2. The van der Waals surface area contributed by atoms with E-state index < -0.39 is 0 Å². The van der Waals surface area contributed by atoms with E-state index in [1.54, 1.807) is 24.3 Å². The zero-order chi connectivity index (χ0) is 15.2. The van der Waals surface area contributed by atoms with E-state index in [9.17, 15) is 9.90 Å². The summed E-state index contributed by atoms with van der Waals surface area (Å²) in [7, 11) is 1.52. The fourth-order valence-corrected chi connectivity index (χ4v) is 2.13. The number of amides is 1. The van der Waals surface area contributed by atoms with E-state index in [0.29, 0.717) is 18.3 Å². The predicted octanol–water partition coefficient (Wildman–Crippen LogP) is 3.02. The Hall–Kier alpha value is -2.23. The second kappa shape index (κ2) is 6.97. The maximum atomic E-state index is 12.2. The van der Waals surface area contributed by atoms with Crippen LogP contribution in [0.2, 0.25) is 0 Å². The highest BCUT2D eigenvalue weighted by molar-refractivity contribution is 5.88. The third-order valence-electron chi connectivity index (χ3n) is 3.41. The number of nitrogens with zero attached hydrogens (tertiary/aromatic N) is 1. The maximum absolute atomic E-state index is 12.2. The summed E-state index contributed by atoms with van der Waals surface area (Å²) in [6.07, 6.45) is 9.19. The van der Waals surface area contributed by atoms with Gasteiger partial charge in [0, 0.05) is 18.7 Å². The van der Waals surface area contributed by atoms with Crippen molar-refractivity contribution in [1.82, 2.24) is 4.90 Å². The average molecular weight is 287 g/mol. The molecular weight excluding hydrogens is 266 g/mol. The monoisotopic (exact) mass is 287 g/mol. The molecule has 1 amide bonds. The van der Waals surface area contributed by atoms with Gasteiger partial charge in [0.15, 0.2) is 11.5 Å². The minimum absolute atomic E-state index is 0.0163. The van der Waals surface area contributed by atoms with Crippen molar-refractivity contribution in [2.24, 2.45) is 0 Å². The van der Waals surface area contributed by atoms with Crippen molar-refractivity contribution in [2.45, 2.75) is 32.4 Å². The van der Waals surface area contributed by atoms with Crippen molar-refractivity contribution in [3.8, 4) is 11.5 Å². The fourth-order valence-electron chi connectivity index (χ4n) is 2.13. The molecule has 0 atom stereocenters. The first-order valence-corrected chi connectivity index (χ1v) is 7.11. The topological polar surface area (TPSA) is 49.8 Å². The highest BCUT2D eigenvalue weighted by atomic mass is 16.5. The third-order valence-corrected chi connectivity index (χ3v) is 3.41.